The molecule has 20 heavy (non-hydrogen) atoms. The van der Waals surface area contributed by atoms with Gasteiger partial charge in [0.25, 0.3) is 5.56 Å². The monoisotopic (exact) mass is 358 g/mol. The average Bonchev–Trinajstić information content (AvgIpc) is 2.83. The first kappa shape index (κ1) is 14.0. The molecule has 3 heterocycles. The molecule has 7 heteroatoms. The molecule has 1 fully saturated rings. The van der Waals surface area contributed by atoms with Gasteiger partial charge in [-0.25, -0.2) is 0 Å². The second-order valence-corrected chi connectivity index (χ2v) is 7.52. The third-order valence-electron chi connectivity index (χ3n) is 3.51. The normalized spacial score (nSPS) is 17.9. The van der Waals surface area contributed by atoms with E-state index in [1.807, 2.05) is 6.07 Å². The highest BCUT2D eigenvalue weighted by Crippen LogP contribution is 2.25. The molecule has 1 aliphatic heterocycles. The first-order valence-electron chi connectivity index (χ1n) is 6.39. The Balaban J connectivity index is 1.90. The highest BCUT2D eigenvalue weighted by Gasteiger charge is 2.18. The number of hydrogen-bond donors (Lipinski definition) is 0. The number of fused-ring (bicyclic) bond motifs is 1. The third kappa shape index (κ3) is 2.62. The van der Waals surface area contributed by atoms with Crippen molar-refractivity contribution in [2.45, 2.75) is 6.54 Å². The van der Waals surface area contributed by atoms with E-state index in [0.29, 0.717) is 29.0 Å². The van der Waals surface area contributed by atoms with Crippen molar-refractivity contribution in [3.05, 3.63) is 32.8 Å². The number of rotatable bonds is 2. The van der Waals surface area contributed by atoms with Gasteiger partial charge in [-0.1, -0.05) is 0 Å². The molecule has 5 nitrogen and oxygen atoms in total. The maximum atomic E-state index is 12.1. The zero-order valence-electron chi connectivity index (χ0n) is 11.1. The lowest BCUT2D eigenvalue weighted by Crippen LogP contribution is -2.37. The van der Waals surface area contributed by atoms with Gasteiger partial charge in [0.05, 0.1) is 16.4 Å². The van der Waals surface area contributed by atoms with E-state index in [0.717, 1.165) is 23.3 Å². The van der Waals surface area contributed by atoms with Crippen LogP contribution in [0.1, 0.15) is 5.76 Å². The number of hydrogen-bond acceptors (Lipinski definition) is 4. The van der Waals surface area contributed by atoms with Crippen LogP contribution >= 0.6 is 15.9 Å². The molecule has 0 spiro atoms. The molecular weight excluding hydrogens is 344 g/mol. The second-order valence-electron chi connectivity index (χ2n) is 4.97. The fourth-order valence-corrected chi connectivity index (χ4v) is 4.12. The Morgan fingerprint density at radius 1 is 1.40 bits per heavy atom. The standard InChI is InChI=1S/C13H15BrN2O3S/c1-15-8-11(14)12-10(13(15)17)6-9(19-12)7-16-2-4-20(18)5-3-16/h6,8H,2-5,7H2,1H3. The van der Waals surface area contributed by atoms with Crippen molar-refractivity contribution in [2.24, 2.45) is 7.05 Å². The number of halogens is 1. The summed E-state index contributed by atoms with van der Waals surface area (Å²) in [4.78, 5) is 14.3. The average molecular weight is 359 g/mol. The molecule has 0 amide bonds. The van der Waals surface area contributed by atoms with Crippen LogP contribution in [0, 0.1) is 0 Å². The first-order valence-corrected chi connectivity index (χ1v) is 8.67. The number of aryl methyl sites for hydroxylation is 1. The maximum Gasteiger partial charge on any atom is 0.261 e. The van der Waals surface area contributed by atoms with Crippen LogP contribution in [0.3, 0.4) is 0 Å². The van der Waals surface area contributed by atoms with E-state index < -0.39 is 10.8 Å². The summed E-state index contributed by atoms with van der Waals surface area (Å²) in [6.07, 6.45) is 1.71. The van der Waals surface area contributed by atoms with E-state index in [-0.39, 0.29) is 5.56 Å². The van der Waals surface area contributed by atoms with E-state index in [4.69, 9.17) is 4.42 Å². The lowest BCUT2D eigenvalue weighted by Gasteiger charge is -2.24. The van der Waals surface area contributed by atoms with Crippen LogP contribution in [0.4, 0.5) is 0 Å². The van der Waals surface area contributed by atoms with Crippen molar-refractivity contribution < 1.29 is 8.63 Å². The van der Waals surface area contributed by atoms with Crippen LogP contribution < -0.4 is 5.56 Å². The van der Waals surface area contributed by atoms with Crippen LogP contribution in [0.25, 0.3) is 11.0 Å². The number of pyridine rings is 1. The minimum atomic E-state index is -0.677. The van der Waals surface area contributed by atoms with Gasteiger partial charge in [-0.3, -0.25) is 13.9 Å². The SMILES string of the molecule is Cn1cc(Br)c2oc(CN3CCS(=O)CC3)cc2c1=O. The van der Waals surface area contributed by atoms with Crippen molar-refractivity contribution in [1.82, 2.24) is 9.47 Å². The predicted octanol–water partition coefficient (Wildman–Crippen LogP) is 1.46. The first-order chi connectivity index (χ1) is 9.54. The molecule has 1 aliphatic rings. The maximum absolute atomic E-state index is 12.1. The molecular formula is C13H15BrN2O3S. The van der Waals surface area contributed by atoms with Crippen LogP contribution in [0.2, 0.25) is 0 Å². The molecule has 2 aromatic rings. The fourth-order valence-electron chi connectivity index (χ4n) is 2.39. The van der Waals surface area contributed by atoms with Gasteiger partial charge in [-0.05, 0) is 22.0 Å². The minimum absolute atomic E-state index is 0.0575. The number of nitrogens with zero attached hydrogens (tertiary/aromatic N) is 2. The molecule has 1 saturated heterocycles. The molecule has 3 rings (SSSR count). The predicted molar refractivity (Wildman–Crippen MR) is 82.3 cm³/mol. The summed E-state index contributed by atoms with van der Waals surface area (Å²) in [5, 5.41) is 0.595. The summed E-state index contributed by atoms with van der Waals surface area (Å²) in [5.74, 6) is 2.20. The molecule has 0 bridgehead atoms. The van der Waals surface area contributed by atoms with Gasteiger partial charge in [0.15, 0.2) is 5.58 Å². The van der Waals surface area contributed by atoms with Crippen LogP contribution in [-0.4, -0.2) is 38.3 Å². The topological polar surface area (TPSA) is 55.5 Å². The van der Waals surface area contributed by atoms with Crippen molar-refractivity contribution in [3.63, 3.8) is 0 Å². The molecule has 2 aromatic heterocycles. The van der Waals surface area contributed by atoms with E-state index >= 15 is 0 Å². The second kappa shape index (κ2) is 5.46. The fraction of sp³-hybridized carbons (Fsp3) is 0.462. The molecule has 0 unspecified atom stereocenters. The Kier molecular flexibility index (Phi) is 3.83. The van der Waals surface area contributed by atoms with E-state index in [1.165, 1.54) is 4.57 Å². The van der Waals surface area contributed by atoms with Gasteiger partial charge in [0, 0.05) is 48.6 Å². The summed E-state index contributed by atoms with van der Waals surface area (Å²) >= 11 is 3.42. The largest absolute Gasteiger partial charge is 0.458 e. The molecule has 0 radical (unpaired) electrons. The Bertz CT molecular complexity index is 727. The third-order valence-corrected chi connectivity index (χ3v) is 5.35. The lowest BCUT2D eigenvalue weighted by atomic mass is 10.3. The summed E-state index contributed by atoms with van der Waals surface area (Å²) in [7, 11) is 1.04. The summed E-state index contributed by atoms with van der Waals surface area (Å²) < 4.78 is 19.4. The molecule has 0 aliphatic carbocycles. The molecule has 0 saturated carbocycles. The Hall–Kier alpha value is -0.920. The quantitative estimate of drug-likeness (QED) is 0.815. The van der Waals surface area contributed by atoms with Crippen molar-refractivity contribution in [1.29, 1.82) is 0 Å². The van der Waals surface area contributed by atoms with E-state index in [1.54, 1.807) is 13.2 Å². The van der Waals surface area contributed by atoms with Gasteiger partial charge in [-0.2, -0.15) is 0 Å². The number of furan rings is 1. The smallest absolute Gasteiger partial charge is 0.261 e. The number of aromatic nitrogens is 1. The van der Waals surface area contributed by atoms with Gasteiger partial charge in [0.1, 0.15) is 5.76 Å². The summed E-state index contributed by atoms with van der Waals surface area (Å²) in [5.41, 5.74) is 0.543. The van der Waals surface area contributed by atoms with Crippen LogP contribution in [0.5, 0.6) is 0 Å². The zero-order chi connectivity index (χ0) is 14.3. The van der Waals surface area contributed by atoms with E-state index in [9.17, 15) is 9.00 Å². The Morgan fingerprint density at radius 3 is 2.80 bits per heavy atom. The van der Waals surface area contributed by atoms with Gasteiger partial charge in [0.2, 0.25) is 0 Å². The zero-order valence-corrected chi connectivity index (χ0v) is 13.5. The minimum Gasteiger partial charge on any atom is -0.458 e. The lowest BCUT2D eigenvalue weighted by molar-refractivity contribution is 0.268. The van der Waals surface area contributed by atoms with Crippen molar-refractivity contribution >= 4 is 37.7 Å². The molecule has 0 aromatic carbocycles. The Labute approximate surface area is 127 Å². The van der Waals surface area contributed by atoms with Crippen molar-refractivity contribution in [3.8, 4) is 0 Å². The van der Waals surface area contributed by atoms with Crippen LogP contribution in [-0.2, 0) is 24.4 Å². The van der Waals surface area contributed by atoms with Crippen LogP contribution in [0.15, 0.2) is 25.9 Å². The van der Waals surface area contributed by atoms with E-state index in [2.05, 4.69) is 20.8 Å². The summed E-state index contributed by atoms with van der Waals surface area (Å²) in [6.45, 7) is 2.27. The van der Waals surface area contributed by atoms with Gasteiger partial charge >= 0.3 is 0 Å². The molecule has 108 valence electrons. The highest BCUT2D eigenvalue weighted by atomic mass is 79.9. The van der Waals surface area contributed by atoms with Gasteiger partial charge < -0.3 is 8.98 Å². The van der Waals surface area contributed by atoms with Gasteiger partial charge in [-0.15, -0.1) is 0 Å². The molecule has 0 atom stereocenters. The Morgan fingerprint density at radius 2 is 2.10 bits per heavy atom. The summed E-state index contributed by atoms with van der Waals surface area (Å²) in [6, 6.07) is 1.81. The highest BCUT2D eigenvalue weighted by molar-refractivity contribution is 9.10. The molecule has 0 N–H and O–H groups in total. The van der Waals surface area contributed by atoms with Crippen molar-refractivity contribution in [2.75, 3.05) is 24.6 Å².